The van der Waals surface area contributed by atoms with E-state index in [2.05, 4.69) is 35.6 Å². The fraction of sp³-hybridized carbons (Fsp3) is 0.167. The van der Waals surface area contributed by atoms with Crippen molar-refractivity contribution in [1.82, 2.24) is 0 Å². The topological polar surface area (TPSA) is 38.3 Å². The van der Waals surface area contributed by atoms with Crippen molar-refractivity contribution in [2.24, 2.45) is 0 Å². The SMILES string of the molecule is O=C1CCCC2=C1[C@@H](c1cc(Cl)ccc1OCc1cccc(Cl)c1)Nc1ccc3ccccc3c12. The molecule has 1 heterocycles. The molecular formula is C30H23Cl2NO2. The minimum atomic E-state index is -0.334. The summed E-state index contributed by atoms with van der Waals surface area (Å²) in [5.41, 5.74) is 5.97. The third-order valence-corrected chi connectivity index (χ3v) is 7.31. The number of rotatable bonds is 4. The molecule has 0 fully saturated rings. The summed E-state index contributed by atoms with van der Waals surface area (Å²) in [6, 6.07) is 25.5. The van der Waals surface area contributed by atoms with E-state index in [1.807, 2.05) is 48.5 Å². The molecule has 2 aliphatic rings. The van der Waals surface area contributed by atoms with Gasteiger partial charge in [0.1, 0.15) is 12.4 Å². The lowest BCUT2D eigenvalue weighted by molar-refractivity contribution is -0.116. The van der Waals surface area contributed by atoms with Gasteiger partial charge < -0.3 is 10.1 Å². The first-order valence-corrected chi connectivity index (χ1v) is 12.6. The van der Waals surface area contributed by atoms with Crippen molar-refractivity contribution >= 4 is 51.0 Å². The highest BCUT2D eigenvalue weighted by molar-refractivity contribution is 6.31. The first kappa shape index (κ1) is 22.2. The molecule has 174 valence electrons. The first-order valence-electron chi connectivity index (χ1n) is 11.8. The van der Waals surface area contributed by atoms with Gasteiger partial charge in [-0.2, -0.15) is 0 Å². The number of benzene rings is 4. The predicted octanol–water partition coefficient (Wildman–Crippen LogP) is 8.40. The molecule has 5 heteroatoms. The molecule has 0 aromatic heterocycles. The Morgan fingerprint density at radius 2 is 1.74 bits per heavy atom. The number of carbonyl (C=O) groups is 1. The van der Waals surface area contributed by atoms with E-state index in [-0.39, 0.29) is 11.8 Å². The van der Waals surface area contributed by atoms with Gasteiger partial charge in [0, 0.05) is 38.9 Å². The average Bonchev–Trinajstić information content (AvgIpc) is 2.87. The zero-order chi connectivity index (χ0) is 23.9. The molecule has 0 radical (unpaired) electrons. The van der Waals surface area contributed by atoms with Crippen molar-refractivity contribution in [3.8, 4) is 5.75 Å². The van der Waals surface area contributed by atoms with Gasteiger partial charge in [0.05, 0.1) is 6.04 Å². The Morgan fingerprint density at radius 3 is 2.63 bits per heavy atom. The molecule has 0 unspecified atom stereocenters. The van der Waals surface area contributed by atoms with Crippen molar-refractivity contribution in [1.29, 1.82) is 0 Å². The summed E-state index contributed by atoms with van der Waals surface area (Å²) in [4.78, 5) is 13.4. The Kier molecular flexibility index (Phi) is 5.75. The number of anilines is 1. The molecule has 6 rings (SSSR count). The van der Waals surface area contributed by atoms with Crippen molar-refractivity contribution in [3.63, 3.8) is 0 Å². The summed E-state index contributed by atoms with van der Waals surface area (Å²) in [5.74, 6) is 0.879. The quantitative estimate of drug-likeness (QED) is 0.306. The number of hydrogen-bond donors (Lipinski definition) is 1. The number of carbonyl (C=O) groups excluding carboxylic acids is 1. The molecule has 0 amide bonds. The van der Waals surface area contributed by atoms with Gasteiger partial charge in [-0.15, -0.1) is 0 Å². The van der Waals surface area contributed by atoms with E-state index in [0.29, 0.717) is 28.8 Å². The predicted molar refractivity (Wildman–Crippen MR) is 143 cm³/mol. The number of ether oxygens (including phenoxy) is 1. The summed E-state index contributed by atoms with van der Waals surface area (Å²) in [5, 5.41) is 7.28. The highest BCUT2D eigenvalue weighted by Gasteiger charge is 2.36. The number of nitrogens with one attached hydrogen (secondary N) is 1. The van der Waals surface area contributed by atoms with Crippen molar-refractivity contribution in [2.75, 3.05) is 5.32 Å². The van der Waals surface area contributed by atoms with E-state index in [9.17, 15) is 4.79 Å². The molecule has 0 saturated carbocycles. The van der Waals surface area contributed by atoms with Crippen LogP contribution in [0.1, 0.15) is 42.0 Å². The second kappa shape index (κ2) is 9.07. The smallest absolute Gasteiger partial charge is 0.161 e. The molecule has 35 heavy (non-hydrogen) atoms. The van der Waals surface area contributed by atoms with Crippen LogP contribution in [-0.2, 0) is 11.4 Å². The summed E-state index contributed by atoms with van der Waals surface area (Å²) >= 11 is 12.6. The van der Waals surface area contributed by atoms with Crippen LogP contribution in [0, 0.1) is 0 Å². The molecule has 0 spiro atoms. The third kappa shape index (κ3) is 4.09. The van der Waals surface area contributed by atoms with Crippen LogP contribution in [-0.4, -0.2) is 5.78 Å². The van der Waals surface area contributed by atoms with E-state index >= 15 is 0 Å². The van der Waals surface area contributed by atoms with Crippen LogP contribution >= 0.6 is 23.2 Å². The maximum absolute atomic E-state index is 13.4. The molecule has 0 saturated heterocycles. The van der Waals surface area contributed by atoms with Crippen LogP contribution in [0.25, 0.3) is 16.3 Å². The maximum atomic E-state index is 13.4. The highest BCUT2D eigenvalue weighted by Crippen LogP contribution is 2.49. The number of hydrogen-bond acceptors (Lipinski definition) is 3. The fourth-order valence-electron chi connectivity index (χ4n) is 5.30. The van der Waals surface area contributed by atoms with Crippen molar-refractivity contribution < 1.29 is 9.53 Å². The van der Waals surface area contributed by atoms with Crippen LogP contribution in [0.5, 0.6) is 5.75 Å². The Morgan fingerprint density at radius 1 is 0.886 bits per heavy atom. The van der Waals surface area contributed by atoms with Gasteiger partial charge in [-0.05, 0) is 71.1 Å². The van der Waals surface area contributed by atoms with Crippen LogP contribution in [0.3, 0.4) is 0 Å². The van der Waals surface area contributed by atoms with Crippen molar-refractivity contribution in [2.45, 2.75) is 31.9 Å². The van der Waals surface area contributed by atoms with Crippen LogP contribution < -0.4 is 10.1 Å². The molecular weight excluding hydrogens is 477 g/mol. The Labute approximate surface area is 214 Å². The van der Waals surface area contributed by atoms with Gasteiger partial charge in [0.2, 0.25) is 0 Å². The van der Waals surface area contributed by atoms with Crippen LogP contribution in [0.4, 0.5) is 5.69 Å². The van der Waals surface area contributed by atoms with Gasteiger partial charge in [0.25, 0.3) is 0 Å². The van der Waals surface area contributed by atoms with Gasteiger partial charge in [-0.1, -0.05) is 65.7 Å². The number of Topliss-reactive ketones (excluding diaryl/α,β-unsaturated/α-hetero) is 1. The number of ketones is 1. The molecule has 1 N–H and O–H groups in total. The zero-order valence-electron chi connectivity index (χ0n) is 19.0. The lowest BCUT2D eigenvalue weighted by Crippen LogP contribution is -2.27. The van der Waals surface area contributed by atoms with E-state index in [1.165, 1.54) is 10.8 Å². The molecule has 1 aliphatic carbocycles. The van der Waals surface area contributed by atoms with E-state index in [1.54, 1.807) is 0 Å². The number of allylic oxidation sites excluding steroid dienone is 1. The minimum absolute atomic E-state index is 0.183. The van der Waals surface area contributed by atoms with Gasteiger partial charge >= 0.3 is 0 Å². The van der Waals surface area contributed by atoms with Gasteiger partial charge in [-0.3, -0.25) is 4.79 Å². The molecule has 1 atom stereocenters. The summed E-state index contributed by atoms with van der Waals surface area (Å²) in [6.45, 7) is 0.364. The minimum Gasteiger partial charge on any atom is -0.489 e. The number of fused-ring (bicyclic) bond motifs is 4. The van der Waals surface area contributed by atoms with Crippen LogP contribution in [0.2, 0.25) is 10.0 Å². The first-order chi connectivity index (χ1) is 17.1. The summed E-state index contributed by atoms with van der Waals surface area (Å²) in [7, 11) is 0. The van der Waals surface area contributed by atoms with Gasteiger partial charge in [-0.25, -0.2) is 0 Å². The average molecular weight is 500 g/mol. The third-order valence-electron chi connectivity index (χ3n) is 6.84. The fourth-order valence-corrected chi connectivity index (χ4v) is 5.69. The number of halogens is 2. The molecule has 4 aromatic rings. The second-order valence-electron chi connectivity index (χ2n) is 9.06. The van der Waals surface area contributed by atoms with E-state index in [0.717, 1.165) is 46.4 Å². The lowest BCUT2D eigenvalue weighted by Gasteiger charge is -2.35. The van der Waals surface area contributed by atoms with Crippen molar-refractivity contribution in [3.05, 3.63) is 111 Å². The normalized spacial score (nSPS) is 17.1. The van der Waals surface area contributed by atoms with Crippen LogP contribution in [0.15, 0.2) is 84.4 Å². The Hall–Kier alpha value is -3.27. The molecule has 1 aliphatic heterocycles. The molecule has 0 bridgehead atoms. The highest BCUT2D eigenvalue weighted by atomic mass is 35.5. The summed E-state index contributed by atoms with van der Waals surface area (Å²) in [6.07, 6.45) is 2.29. The lowest BCUT2D eigenvalue weighted by atomic mass is 9.76. The Balaban J connectivity index is 1.47. The summed E-state index contributed by atoms with van der Waals surface area (Å²) < 4.78 is 6.27. The largest absolute Gasteiger partial charge is 0.489 e. The van der Waals surface area contributed by atoms with E-state index < -0.39 is 0 Å². The van der Waals surface area contributed by atoms with E-state index in [4.69, 9.17) is 27.9 Å². The monoisotopic (exact) mass is 499 g/mol. The molecule has 4 aromatic carbocycles. The standard InChI is InChI=1S/C30H23Cl2NO2/c31-20-7-3-5-18(15-20)17-35-27-14-12-21(32)16-24(27)30-29-23(9-4-10-26(29)34)28-22-8-2-1-6-19(22)11-13-25(28)33-30/h1-3,5-8,11-16,30,33H,4,9-10,17H2/t30-/m1/s1. The maximum Gasteiger partial charge on any atom is 0.161 e. The van der Waals surface area contributed by atoms with Gasteiger partial charge in [0.15, 0.2) is 5.78 Å². The zero-order valence-corrected chi connectivity index (χ0v) is 20.5. The molecule has 3 nitrogen and oxygen atoms in total. The Bertz CT molecular complexity index is 1510. The second-order valence-corrected chi connectivity index (χ2v) is 9.93.